The van der Waals surface area contributed by atoms with E-state index in [1.165, 1.54) is 25.1 Å². The number of hydrogen-bond donors (Lipinski definition) is 2. The highest BCUT2D eigenvalue weighted by atomic mass is 19.1. The van der Waals surface area contributed by atoms with E-state index >= 15 is 0 Å². The Morgan fingerprint density at radius 1 is 1.45 bits per heavy atom. The van der Waals surface area contributed by atoms with E-state index in [1.54, 1.807) is 0 Å². The Morgan fingerprint density at radius 3 is 2.70 bits per heavy atom. The van der Waals surface area contributed by atoms with E-state index in [-0.39, 0.29) is 5.75 Å². The van der Waals surface area contributed by atoms with Crippen molar-refractivity contribution in [3.63, 3.8) is 0 Å². The second-order valence-corrected chi connectivity index (χ2v) is 3.98. The van der Waals surface area contributed by atoms with Crippen LogP contribution in [0.4, 0.5) is 4.39 Å². The molecular formula is C13H16FNO5. The van der Waals surface area contributed by atoms with Crippen molar-refractivity contribution in [1.29, 1.82) is 0 Å². The van der Waals surface area contributed by atoms with Gasteiger partial charge in [0, 0.05) is 6.07 Å². The Bertz CT molecular complexity index is 480. The molecule has 110 valence electrons. The zero-order valence-corrected chi connectivity index (χ0v) is 11.1. The van der Waals surface area contributed by atoms with Crippen LogP contribution in [0.2, 0.25) is 0 Å². The molecule has 0 heterocycles. The van der Waals surface area contributed by atoms with Crippen LogP contribution in [0.1, 0.15) is 6.92 Å². The zero-order chi connectivity index (χ0) is 15.1. The van der Waals surface area contributed by atoms with Crippen molar-refractivity contribution >= 4 is 11.9 Å². The molecule has 2 unspecified atom stereocenters. The van der Waals surface area contributed by atoms with Gasteiger partial charge < -0.3 is 19.9 Å². The highest BCUT2D eigenvalue weighted by molar-refractivity contribution is 5.86. The minimum atomic E-state index is -1.16. The number of benzene rings is 1. The fourth-order valence-corrected chi connectivity index (χ4v) is 1.41. The number of aliphatic hydroxyl groups is 1. The molecule has 7 heteroatoms. The van der Waals surface area contributed by atoms with Crippen LogP contribution in [0, 0.1) is 5.82 Å². The van der Waals surface area contributed by atoms with Gasteiger partial charge >= 0.3 is 5.97 Å². The fraction of sp³-hybridized carbons (Fsp3) is 0.385. The first-order valence-electron chi connectivity index (χ1n) is 5.89. The van der Waals surface area contributed by atoms with Crippen LogP contribution in [0.5, 0.6) is 5.75 Å². The van der Waals surface area contributed by atoms with Gasteiger partial charge in [0.25, 0.3) is 5.91 Å². The summed E-state index contributed by atoms with van der Waals surface area (Å²) < 4.78 is 22.6. The molecule has 0 saturated heterocycles. The summed E-state index contributed by atoms with van der Waals surface area (Å²) in [6.45, 7) is 0.844. The lowest BCUT2D eigenvalue weighted by Gasteiger charge is -2.18. The van der Waals surface area contributed by atoms with Crippen molar-refractivity contribution in [3.8, 4) is 5.75 Å². The quantitative estimate of drug-likeness (QED) is 0.732. The summed E-state index contributed by atoms with van der Waals surface area (Å²) in [6.07, 6.45) is -0.962. The van der Waals surface area contributed by atoms with E-state index in [9.17, 15) is 14.0 Å². The van der Waals surface area contributed by atoms with Crippen molar-refractivity contribution in [1.82, 2.24) is 5.32 Å². The number of rotatable bonds is 6. The van der Waals surface area contributed by atoms with Gasteiger partial charge in [-0.15, -0.1) is 0 Å². The molecule has 0 fully saturated rings. The van der Waals surface area contributed by atoms with Crippen molar-refractivity contribution in [2.45, 2.75) is 19.1 Å². The van der Waals surface area contributed by atoms with Gasteiger partial charge in [-0.1, -0.05) is 6.07 Å². The molecule has 6 nitrogen and oxygen atoms in total. The lowest BCUT2D eigenvalue weighted by molar-refractivity contribution is -0.147. The number of halogens is 1. The van der Waals surface area contributed by atoms with Crippen LogP contribution >= 0.6 is 0 Å². The second kappa shape index (κ2) is 7.44. The largest absolute Gasteiger partial charge is 0.481 e. The van der Waals surface area contributed by atoms with Crippen LogP contribution in [0.3, 0.4) is 0 Å². The van der Waals surface area contributed by atoms with E-state index in [0.29, 0.717) is 0 Å². The summed E-state index contributed by atoms with van der Waals surface area (Å²) in [4.78, 5) is 23.0. The molecule has 2 atom stereocenters. The number of aliphatic hydroxyl groups excluding tert-OH is 1. The molecule has 20 heavy (non-hydrogen) atoms. The van der Waals surface area contributed by atoms with E-state index < -0.39 is 36.4 Å². The number of esters is 1. The van der Waals surface area contributed by atoms with Crippen LogP contribution in [0.15, 0.2) is 24.3 Å². The van der Waals surface area contributed by atoms with Crippen LogP contribution in [0.25, 0.3) is 0 Å². The molecule has 0 aliphatic carbocycles. The van der Waals surface area contributed by atoms with Gasteiger partial charge in [-0.05, 0) is 19.1 Å². The molecule has 0 saturated carbocycles. The lowest BCUT2D eigenvalue weighted by atomic mass is 10.2. The summed E-state index contributed by atoms with van der Waals surface area (Å²) in [7, 11) is 1.14. The first-order chi connectivity index (χ1) is 9.47. The molecule has 0 bridgehead atoms. The van der Waals surface area contributed by atoms with Gasteiger partial charge in [-0.2, -0.15) is 0 Å². The second-order valence-electron chi connectivity index (χ2n) is 3.98. The van der Waals surface area contributed by atoms with Crippen LogP contribution in [-0.2, 0) is 14.3 Å². The van der Waals surface area contributed by atoms with Crippen molar-refractivity contribution in [2.75, 3.05) is 13.7 Å². The minimum absolute atomic E-state index is 0.186. The SMILES string of the molecule is COC(=O)C(CO)NC(=O)C(C)Oc1cccc(F)c1. The summed E-state index contributed by atoms with van der Waals surface area (Å²) in [5.41, 5.74) is 0. The van der Waals surface area contributed by atoms with E-state index in [2.05, 4.69) is 10.1 Å². The molecule has 1 aromatic rings. The van der Waals surface area contributed by atoms with Gasteiger partial charge in [0.1, 0.15) is 11.6 Å². The maximum atomic E-state index is 13.0. The third kappa shape index (κ3) is 4.51. The van der Waals surface area contributed by atoms with Crippen molar-refractivity contribution in [2.24, 2.45) is 0 Å². The number of hydrogen-bond acceptors (Lipinski definition) is 5. The lowest BCUT2D eigenvalue weighted by Crippen LogP contribution is -2.48. The Hall–Kier alpha value is -2.15. The normalized spacial score (nSPS) is 13.2. The molecule has 0 aliphatic heterocycles. The third-order valence-corrected chi connectivity index (χ3v) is 2.46. The minimum Gasteiger partial charge on any atom is -0.481 e. The molecular weight excluding hydrogens is 269 g/mol. The van der Waals surface area contributed by atoms with E-state index in [1.807, 2.05) is 0 Å². The van der Waals surface area contributed by atoms with Crippen molar-refractivity contribution < 1.29 is 28.6 Å². The third-order valence-electron chi connectivity index (χ3n) is 2.46. The summed E-state index contributed by atoms with van der Waals surface area (Å²) in [6, 6.07) is 4.16. The average molecular weight is 285 g/mol. The molecule has 1 amide bonds. The average Bonchev–Trinajstić information content (AvgIpc) is 2.43. The summed E-state index contributed by atoms with van der Waals surface area (Å²) in [5, 5.41) is 11.2. The maximum Gasteiger partial charge on any atom is 0.330 e. The van der Waals surface area contributed by atoms with Gasteiger partial charge in [0.15, 0.2) is 12.1 Å². The van der Waals surface area contributed by atoms with Crippen LogP contribution in [-0.4, -0.2) is 42.8 Å². The number of carbonyl (C=O) groups excluding carboxylic acids is 2. The fourth-order valence-electron chi connectivity index (χ4n) is 1.41. The Labute approximate surface area is 115 Å². The topological polar surface area (TPSA) is 84.9 Å². The number of amides is 1. The molecule has 1 rings (SSSR count). The van der Waals surface area contributed by atoms with E-state index in [0.717, 1.165) is 13.2 Å². The Kier molecular flexibility index (Phi) is 5.92. The molecule has 2 N–H and O–H groups in total. The van der Waals surface area contributed by atoms with Crippen molar-refractivity contribution in [3.05, 3.63) is 30.1 Å². The summed E-state index contributed by atoms with van der Waals surface area (Å²) in [5.74, 6) is -1.69. The smallest absolute Gasteiger partial charge is 0.330 e. The standard InChI is InChI=1S/C13H16FNO5/c1-8(20-10-5-3-4-9(14)6-10)12(17)15-11(7-16)13(18)19-2/h3-6,8,11,16H,7H2,1-2H3,(H,15,17). The van der Waals surface area contributed by atoms with Gasteiger partial charge in [0.05, 0.1) is 13.7 Å². The highest BCUT2D eigenvalue weighted by Gasteiger charge is 2.24. The molecule has 0 spiro atoms. The Morgan fingerprint density at radius 2 is 2.15 bits per heavy atom. The maximum absolute atomic E-state index is 13.0. The molecule has 0 aliphatic rings. The first-order valence-corrected chi connectivity index (χ1v) is 5.89. The predicted octanol–water partition coefficient (Wildman–Crippen LogP) is 0.243. The molecule has 1 aromatic carbocycles. The van der Waals surface area contributed by atoms with Gasteiger partial charge in [-0.3, -0.25) is 4.79 Å². The van der Waals surface area contributed by atoms with Gasteiger partial charge in [-0.25, -0.2) is 9.18 Å². The number of carbonyl (C=O) groups is 2. The Balaban J connectivity index is 2.60. The molecule has 0 radical (unpaired) electrons. The summed E-state index contributed by atoms with van der Waals surface area (Å²) >= 11 is 0. The predicted molar refractivity (Wildman–Crippen MR) is 67.5 cm³/mol. The monoisotopic (exact) mass is 285 g/mol. The van der Waals surface area contributed by atoms with E-state index in [4.69, 9.17) is 9.84 Å². The number of nitrogens with one attached hydrogen (secondary N) is 1. The number of methoxy groups -OCH3 is 1. The molecule has 0 aromatic heterocycles. The first kappa shape index (κ1) is 15.9. The zero-order valence-electron chi connectivity index (χ0n) is 11.1. The number of ether oxygens (including phenoxy) is 2. The van der Waals surface area contributed by atoms with Gasteiger partial charge in [0.2, 0.25) is 0 Å². The highest BCUT2D eigenvalue weighted by Crippen LogP contribution is 2.13. The van der Waals surface area contributed by atoms with Crippen LogP contribution < -0.4 is 10.1 Å².